The van der Waals surface area contributed by atoms with Crippen molar-refractivity contribution in [1.29, 1.82) is 0 Å². The van der Waals surface area contributed by atoms with Gasteiger partial charge in [0.2, 0.25) is 0 Å². The van der Waals surface area contributed by atoms with Crippen LogP contribution in [0.15, 0.2) is 48.5 Å². The van der Waals surface area contributed by atoms with Crippen LogP contribution in [0.5, 0.6) is 11.5 Å². The molecule has 0 amide bonds. The molecule has 2 aromatic carbocycles. The number of hydrogen-bond donors (Lipinski definition) is 2. The largest absolute Gasteiger partial charge is 0.491 e. The van der Waals surface area contributed by atoms with Crippen molar-refractivity contribution in [2.75, 3.05) is 159 Å². The highest BCUT2D eigenvalue weighted by Gasteiger charge is 2.23. The van der Waals surface area contributed by atoms with Crippen LogP contribution >= 0.6 is 0 Å². The summed E-state index contributed by atoms with van der Waals surface area (Å²) in [6, 6.07) is 16.4. The third-order valence-electron chi connectivity index (χ3n) is 7.59. The van der Waals surface area contributed by atoms with Gasteiger partial charge < -0.3 is 67.1 Å². The Morgan fingerprint density at radius 3 is 0.755 bits per heavy atom. The van der Waals surface area contributed by atoms with Gasteiger partial charge in [0.25, 0.3) is 0 Å². The minimum atomic E-state index is -0.201. The molecular weight excluding hydrogens is 692 g/mol. The van der Waals surface area contributed by atoms with Crippen molar-refractivity contribution in [2.24, 2.45) is 0 Å². The van der Waals surface area contributed by atoms with Crippen LogP contribution < -0.4 is 9.47 Å². The van der Waals surface area contributed by atoms with Crippen molar-refractivity contribution in [3.05, 3.63) is 59.7 Å². The molecule has 14 nitrogen and oxygen atoms in total. The summed E-state index contributed by atoms with van der Waals surface area (Å²) in [7, 11) is 0. The molecule has 2 aromatic rings. The molecule has 0 atom stereocenters. The number of aliphatic hydroxyl groups is 2. The highest BCUT2D eigenvalue weighted by atomic mass is 16.6. The maximum absolute atomic E-state index is 8.62. The topological polar surface area (TPSA) is 151 Å². The van der Waals surface area contributed by atoms with E-state index in [1.165, 1.54) is 11.1 Å². The second-order valence-corrected chi connectivity index (χ2v) is 11.9. The standard InChI is InChI=1S/C39H64O14/c1-39(2,35-3-7-37(8-4-35)52-33-31-50-29-27-48-25-23-46-21-19-44-17-15-42-13-11-40)36-5-9-38(10-6-36)53-34-32-51-30-28-49-26-24-47-22-20-45-18-16-43-14-12-41/h3-10,40-41H,11-34H2,1-2H3. The third kappa shape index (κ3) is 24.6. The first-order valence-corrected chi connectivity index (χ1v) is 18.5. The summed E-state index contributed by atoms with van der Waals surface area (Å²) in [5.41, 5.74) is 2.16. The minimum absolute atomic E-state index is 0.0209. The third-order valence-corrected chi connectivity index (χ3v) is 7.59. The Balaban J connectivity index is 1.45. The lowest BCUT2D eigenvalue weighted by molar-refractivity contribution is -0.0146. The summed E-state index contributed by atoms with van der Waals surface area (Å²) >= 11 is 0. The SMILES string of the molecule is CC(C)(c1ccc(OCCOCCOCCOCCOCCOCCO)cc1)c1ccc(OCCOCCOCCOCCOCCOCCO)cc1. The fraction of sp³-hybridized carbons (Fsp3) is 0.692. The molecule has 0 aliphatic rings. The molecule has 0 unspecified atom stereocenters. The molecule has 0 aromatic heterocycles. The Hall–Kier alpha value is -2.44. The molecule has 304 valence electrons. The van der Waals surface area contributed by atoms with Gasteiger partial charge in [-0.2, -0.15) is 0 Å². The molecule has 53 heavy (non-hydrogen) atoms. The predicted octanol–water partition coefficient (Wildman–Crippen LogP) is 2.92. The van der Waals surface area contributed by atoms with E-state index in [1.54, 1.807) is 0 Å². The van der Waals surface area contributed by atoms with Gasteiger partial charge >= 0.3 is 0 Å². The Morgan fingerprint density at radius 2 is 0.528 bits per heavy atom. The predicted molar refractivity (Wildman–Crippen MR) is 198 cm³/mol. The molecule has 0 aliphatic carbocycles. The zero-order valence-corrected chi connectivity index (χ0v) is 31.9. The molecule has 14 heteroatoms. The molecular formula is C39H64O14. The first kappa shape index (κ1) is 46.7. The van der Waals surface area contributed by atoms with Crippen LogP contribution in [0, 0.1) is 0 Å². The Kier molecular flexibility index (Phi) is 29.0. The number of benzene rings is 2. The van der Waals surface area contributed by atoms with Crippen molar-refractivity contribution < 1.29 is 67.1 Å². The van der Waals surface area contributed by atoms with Gasteiger partial charge in [-0.15, -0.1) is 0 Å². The van der Waals surface area contributed by atoms with Crippen molar-refractivity contribution in [2.45, 2.75) is 19.3 Å². The second kappa shape index (κ2) is 32.9. The van der Waals surface area contributed by atoms with Gasteiger partial charge in [0.1, 0.15) is 24.7 Å². The Labute approximate surface area is 315 Å². The van der Waals surface area contributed by atoms with E-state index in [9.17, 15) is 0 Å². The van der Waals surface area contributed by atoms with E-state index < -0.39 is 0 Å². The summed E-state index contributed by atoms with van der Waals surface area (Å²) in [5.74, 6) is 1.59. The van der Waals surface area contributed by atoms with Gasteiger partial charge in [0, 0.05) is 5.41 Å². The van der Waals surface area contributed by atoms with Crippen molar-refractivity contribution >= 4 is 0 Å². The number of hydrogen-bond acceptors (Lipinski definition) is 14. The van der Waals surface area contributed by atoms with Gasteiger partial charge in [-0.05, 0) is 35.4 Å². The van der Waals surface area contributed by atoms with Crippen LogP contribution in [-0.4, -0.2) is 169 Å². The van der Waals surface area contributed by atoms with Gasteiger partial charge in [-0.25, -0.2) is 0 Å². The zero-order valence-electron chi connectivity index (χ0n) is 31.9. The van der Waals surface area contributed by atoms with Crippen LogP contribution in [0.3, 0.4) is 0 Å². The van der Waals surface area contributed by atoms with Crippen molar-refractivity contribution in [3.8, 4) is 11.5 Å². The fourth-order valence-electron chi connectivity index (χ4n) is 4.63. The highest BCUT2D eigenvalue weighted by Crippen LogP contribution is 2.33. The zero-order chi connectivity index (χ0) is 37.9. The van der Waals surface area contributed by atoms with Crippen molar-refractivity contribution in [1.82, 2.24) is 0 Å². The average molecular weight is 757 g/mol. The van der Waals surface area contributed by atoms with Gasteiger partial charge in [-0.1, -0.05) is 38.1 Å². The van der Waals surface area contributed by atoms with Gasteiger partial charge in [0.15, 0.2) is 0 Å². The maximum Gasteiger partial charge on any atom is 0.119 e. The van der Waals surface area contributed by atoms with E-state index in [1.807, 2.05) is 24.3 Å². The van der Waals surface area contributed by atoms with E-state index in [-0.39, 0.29) is 18.6 Å². The lowest BCUT2D eigenvalue weighted by Gasteiger charge is -2.26. The quantitative estimate of drug-likeness (QED) is 0.0967. The summed E-state index contributed by atoms with van der Waals surface area (Å²) in [6.45, 7) is 14.8. The van der Waals surface area contributed by atoms with E-state index >= 15 is 0 Å². The summed E-state index contributed by atoms with van der Waals surface area (Å²) in [4.78, 5) is 0. The van der Waals surface area contributed by atoms with E-state index in [2.05, 4.69) is 38.1 Å². The molecule has 2 rings (SSSR count). The fourth-order valence-corrected chi connectivity index (χ4v) is 4.63. The number of rotatable bonds is 38. The van der Waals surface area contributed by atoms with Crippen LogP contribution in [-0.2, 0) is 52.8 Å². The maximum atomic E-state index is 8.62. The minimum Gasteiger partial charge on any atom is -0.491 e. The summed E-state index contributed by atoms with van der Waals surface area (Å²) in [6.07, 6.45) is 0. The van der Waals surface area contributed by atoms with Crippen LogP contribution in [0.4, 0.5) is 0 Å². The molecule has 0 radical (unpaired) electrons. The molecule has 2 N–H and O–H groups in total. The Bertz CT molecular complexity index is 987. The summed E-state index contributed by atoms with van der Waals surface area (Å²) < 4.78 is 65.8. The highest BCUT2D eigenvalue weighted by molar-refractivity contribution is 5.41. The molecule has 0 spiro atoms. The monoisotopic (exact) mass is 756 g/mol. The lowest BCUT2D eigenvalue weighted by Crippen LogP contribution is -2.19. The molecule has 0 saturated heterocycles. The van der Waals surface area contributed by atoms with E-state index in [4.69, 9.17) is 67.1 Å². The smallest absolute Gasteiger partial charge is 0.119 e. The average Bonchev–Trinajstić information content (AvgIpc) is 3.17. The van der Waals surface area contributed by atoms with E-state index in [0.29, 0.717) is 145 Å². The second-order valence-electron chi connectivity index (χ2n) is 11.9. The van der Waals surface area contributed by atoms with Gasteiger partial charge in [0.05, 0.1) is 145 Å². The molecule has 0 aliphatic heterocycles. The lowest BCUT2D eigenvalue weighted by atomic mass is 9.78. The normalized spacial score (nSPS) is 11.7. The molecule has 0 fully saturated rings. The molecule has 0 saturated carbocycles. The van der Waals surface area contributed by atoms with Gasteiger partial charge in [-0.3, -0.25) is 0 Å². The number of ether oxygens (including phenoxy) is 12. The first-order valence-electron chi connectivity index (χ1n) is 18.5. The van der Waals surface area contributed by atoms with Crippen LogP contribution in [0.1, 0.15) is 25.0 Å². The summed E-state index contributed by atoms with van der Waals surface area (Å²) in [5, 5.41) is 17.2. The van der Waals surface area contributed by atoms with E-state index in [0.717, 1.165) is 11.5 Å². The number of aliphatic hydroxyl groups excluding tert-OH is 2. The Morgan fingerprint density at radius 1 is 0.321 bits per heavy atom. The van der Waals surface area contributed by atoms with Crippen LogP contribution in [0.2, 0.25) is 0 Å². The molecule has 0 heterocycles. The molecule has 0 bridgehead atoms. The van der Waals surface area contributed by atoms with Crippen LogP contribution in [0.25, 0.3) is 0 Å². The first-order chi connectivity index (χ1) is 26.1. The van der Waals surface area contributed by atoms with Crippen molar-refractivity contribution in [3.63, 3.8) is 0 Å².